The molecule has 0 spiro atoms. The van der Waals surface area contributed by atoms with Gasteiger partial charge in [-0.15, -0.1) is 23.2 Å². The van der Waals surface area contributed by atoms with Gasteiger partial charge in [0.2, 0.25) is 0 Å². The van der Waals surface area contributed by atoms with Crippen LogP contribution in [0.3, 0.4) is 0 Å². The number of halogens is 2. The fraction of sp³-hybridized carbons (Fsp3) is 0.417. The Balaban J connectivity index is 2.09. The number of hydrogen-bond donors (Lipinski definition) is 2. The molecule has 2 rings (SSSR count). The number of carboxylic acids is 1. The van der Waals surface area contributed by atoms with Crippen molar-refractivity contribution in [2.45, 2.75) is 17.7 Å². The van der Waals surface area contributed by atoms with Crippen molar-refractivity contribution in [3.63, 3.8) is 0 Å². The first-order valence-electron chi connectivity index (χ1n) is 5.76. The monoisotopic (exact) mass is 301 g/mol. The summed E-state index contributed by atoms with van der Waals surface area (Å²) in [6.45, 7) is 1.86. The van der Waals surface area contributed by atoms with Crippen molar-refractivity contribution in [2.75, 3.05) is 6.67 Å². The van der Waals surface area contributed by atoms with E-state index >= 15 is 0 Å². The van der Waals surface area contributed by atoms with Gasteiger partial charge >= 0.3 is 5.97 Å². The molecule has 0 amide bonds. The van der Waals surface area contributed by atoms with Crippen LogP contribution in [0.5, 0.6) is 0 Å². The molecule has 0 aromatic carbocycles. The Hall–Kier alpha value is -1.33. The number of nitrogens with one attached hydrogen (secondary N) is 1. The van der Waals surface area contributed by atoms with Crippen LogP contribution in [0.15, 0.2) is 33.9 Å². The molecule has 0 aromatic rings. The first-order valence-corrected chi connectivity index (χ1v) is 6.63. The fourth-order valence-electron chi connectivity index (χ4n) is 1.84. The zero-order valence-electron chi connectivity index (χ0n) is 10.2. The van der Waals surface area contributed by atoms with Crippen molar-refractivity contribution >= 4 is 40.7 Å². The third kappa shape index (κ3) is 3.16. The van der Waals surface area contributed by atoms with Crippen molar-refractivity contribution in [1.82, 2.24) is 5.32 Å². The summed E-state index contributed by atoms with van der Waals surface area (Å²) < 4.78 is 0. The second kappa shape index (κ2) is 5.75. The van der Waals surface area contributed by atoms with Gasteiger partial charge in [-0.25, -0.2) is 9.79 Å². The van der Waals surface area contributed by atoms with E-state index < -0.39 is 5.97 Å². The summed E-state index contributed by atoms with van der Waals surface area (Å²) in [5.74, 6) is -0.839. The molecule has 5 nitrogen and oxygen atoms in total. The molecule has 0 radical (unpaired) electrons. The fourth-order valence-corrected chi connectivity index (χ4v) is 2.21. The molecule has 1 heterocycles. The van der Waals surface area contributed by atoms with Crippen molar-refractivity contribution in [2.24, 2.45) is 15.9 Å². The highest BCUT2D eigenvalue weighted by Crippen LogP contribution is 2.20. The van der Waals surface area contributed by atoms with Crippen molar-refractivity contribution in [1.29, 1.82) is 0 Å². The Morgan fingerprint density at radius 1 is 1.42 bits per heavy atom. The summed E-state index contributed by atoms with van der Waals surface area (Å²) in [5.41, 5.74) is 0.865. The SMILES string of the molecule is CC1C(NC2=CC(Cl)C(Cl)C=C2)=NCN=C1C(=O)O. The van der Waals surface area contributed by atoms with Gasteiger partial charge in [-0.05, 0) is 19.1 Å². The molecule has 0 bridgehead atoms. The molecule has 102 valence electrons. The molecule has 2 N–H and O–H groups in total. The number of aliphatic carboxylic acids is 1. The number of rotatable bonds is 2. The maximum absolute atomic E-state index is 11.0. The molecule has 19 heavy (non-hydrogen) atoms. The van der Waals surface area contributed by atoms with Gasteiger partial charge in [-0.1, -0.05) is 6.08 Å². The van der Waals surface area contributed by atoms with Crippen LogP contribution in [-0.2, 0) is 4.79 Å². The number of carboxylic acid groups (broad SMARTS) is 1. The summed E-state index contributed by atoms with van der Waals surface area (Å²) in [6.07, 6.45) is 5.36. The second-order valence-electron chi connectivity index (χ2n) is 4.25. The molecule has 3 atom stereocenters. The number of amidine groups is 1. The number of alkyl halides is 2. The van der Waals surface area contributed by atoms with Gasteiger partial charge in [-0.3, -0.25) is 4.99 Å². The summed E-state index contributed by atoms with van der Waals surface area (Å²) in [5, 5.41) is 11.6. The van der Waals surface area contributed by atoms with Crippen molar-refractivity contribution < 1.29 is 9.90 Å². The Kier molecular flexibility index (Phi) is 4.27. The molecule has 0 saturated carbocycles. The topological polar surface area (TPSA) is 74.0 Å². The van der Waals surface area contributed by atoms with Gasteiger partial charge in [0.1, 0.15) is 18.2 Å². The average molecular weight is 302 g/mol. The van der Waals surface area contributed by atoms with Gasteiger partial charge in [-0.2, -0.15) is 0 Å². The maximum Gasteiger partial charge on any atom is 0.350 e. The van der Waals surface area contributed by atoms with E-state index in [1.165, 1.54) is 0 Å². The van der Waals surface area contributed by atoms with Crippen LogP contribution in [0.1, 0.15) is 6.92 Å². The third-order valence-corrected chi connectivity index (χ3v) is 3.84. The first-order chi connectivity index (χ1) is 8.99. The lowest BCUT2D eigenvalue weighted by Gasteiger charge is -2.22. The molecule has 0 aromatic heterocycles. The molecule has 3 unspecified atom stereocenters. The number of aliphatic imine (C=N–C) groups is 2. The van der Waals surface area contributed by atoms with Crippen LogP contribution in [0, 0.1) is 5.92 Å². The lowest BCUT2D eigenvalue weighted by atomic mass is 10.0. The zero-order valence-corrected chi connectivity index (χ0v) is 11.7. The molecule has 1 aliphatic carbocycles. The number of nitrogens with zero attached hydrogens (tertiary/aromatic N) is 2. The highest BCUT2D eigenvalue weighted by atomic mass is 35.5. The van der Waals surface area contributed by atoms with Gasteiger partial charge in [0.05, 0.1) is 16.7 Å². The van der Waals surface area contributed by atoms with E-state index in [1.807, 2.05) is 0 Å². The van der Waals surface area contributed by atoms with E-state index in [0.29, 0.717) is 5.84 Å². The highest BCUT2D eigenvalue weighted by Gasteiger charge is 2.26. The van der Waals surface area contributed by atoms with Crippen LogP contribution in [-0.4, -0.2) is 40.0 Å². The van der Waals surface area contributed by atoms with Gasteiger partial charge in [0.25, 0.3) is 0 Å². The minimum absolute atomic E-state index is 0.107. The minimum atomic E-state index is -1.02. The molecule has 0 saturated heterocycles. The number of hydrogen-bond acceptors (Lipinski definition) is 4. The van der Waals surface area contributed by atoms with E-state index in [4.69, 9.17) is 28.3 Å². The molecular formula is C12H13Cl2N3O2. The molecule has 7 heteroatoms. The minimum Gasteiger partial charge on any atom is -0.477 e. The van der Waals surface area contributed by atoms with Crippen LogP contribution in [0.2, 0.25) is 0 Å². The smallest absolute Gasteiger partial charge is 0.350 e. The zero-order chi connectivity index (χ0) is 14.0. The quantitative estimate of drug-likeness (QED) is 0.764. The maximum atomic E-state index is 11.0. The second-order valence-corrected chi connectivity index (χ2v) is 5.26. The Labute approximate surface area is 120 Å². The lowest BCUT2D eigenvalue weighted by molar-refractivity contribution is -0.129. The van der Waals surface area contributed by atoms with E-state index in [9.17, 15) is 4.79 Å². The molecule has 2 aliphatic rings. The van der Waals surface area contributed by atoms with Gasteiger partial charge < -0.3 is 10.4 Å². The molecule has 1 aliphatic heterocycles. The van der Waals surface area contributed by atoms with Gasteiger partial charge in [0, 0.05) is 5.70 Å². The van der Waals surface area contributed by atoms with E-state index in [0.717, 1.165) is 5.70 Å². The lowest BCUT2D eigenvalue weighted by Crippen LogP contribution is -2.39. The third-order valence-electron chi connectivity index (χ3n) is 2.90. The van der Waals surface area contributed by atoms with Crippen LogP contribution in [0.25, 0.3) is 0 Å². The Morgan fingerprint density at radius 2 is 2.16 bits per heavy atom. The normalized spacial score (nSPS) is 30.3. The van der Waals surface area contributed by atoms with Crippen molar-refractivity contribution in [3.8, 4) is 0 Å². The Bertz CT molecular complexity index is 511. The predicted octanol–water partition coefficient (Wildman–Crippen LogP) is 1.78. The molecule has 0 fully saturated rings. The summed E-state index contributed by atoms with van der Waals surface area (Å²) in [6, 6.07) is 0. The number of allylic oxidation sites excluding steroid dienone is 3. The standard InChI is InChI=1S/C12H13Cl2N3O2/c1-6-10(12(18)19)15-5-16-11(6)17-7-2-3-8(13)9(14)4-7/h2-4,6,8-9H,5H2,1H3,(H,16,17)(H,18,19). The van der Waals surface area contributed by atoms with Crippen LogP contribution >= 0.6 is 23.2 Å². The average Bonchev–Trinajstić information content (AvgIpc) is 2.36. The highest BCUT2D eigenvalue weighted by molar-refractivity contribution is 6.40. The summed E-state index contributed by atoms with van der Waals surface area (Å²) in [7, 11) is 0. The van der Waals surface area contributed by atoms with Crippen LogP contribution < -0.4 is 5.32 Å². The number of carbonyl (C=O) groups is 1. The first kappa shape index (κ1) is 14.1. The Morgan fingerprint density at radius 3 is 2.79 bits per heavy atom. The predicted molar refractivity (Wildman–Crippen MR) is 76.2 cm³/mol. The van der Waals surface area contributed by atoms with Crippen LogP contribution in [0.4, 0.5) is 0 Å². The van der Waals surface area contributed by atoms with E-state index in [1.54, 1.807) is 25.2 Å². The molecular weight excluding hydrogens is 289 g/mol. The van der Waals surface area contributed by atoms with Crippen molar-refractivity contribution in [3.05, 3.63) is 23.9 Å². The van der Waals surface area contributed by atoms with E-state index in [2.05, 4.69) is 15.3 Å². The summed E-state index contributed by atoms with van der Waals surface area (Å²) in [4.78, 5) is 19.1. The van der Waals surface area contributed by atoms with Gasteiger partial charge in [0.15, 0.2) is 0 Å². The van der Waals surface area contributed by atoms with E-state index in [-0.39, 0.29) is 29.1 Å². The largest absolute Gasteiger partial charge is 0.477 e. The summed E-state index contributed by atoms with van der Waals surface area (Å²) >= 11 is 12.0.